The van der Waals surface area contributed by atoms with Gasteiger partial charge in [-0.05, 0) is 41.7 Å². The SMILES string of the molecule is CC1C=Cc2ccc3occ(-c4ccccn4)c(=O)c3c2C1. The van der Waals surface area contributed by atoms with Crippen LogP contribution in [0.4, 0.5) is 0 Å². The molecule has 1 atom stereocenters. The molecule has 3 nitrogen and oxygen atoms in total. The van der Waals surface area contributed by atoms with E-state index in [2.05, 4.69) is 24.1 Å². The van der Waals surface area contributed by atoms with Gasteiger partial charge in [0.25, 0.3) is 0 Å². The largest absolute Gasteiger partial charge is 0.463 e. The summed E-state index contributed by atoms with van der Waals surface area (Å²) in [5.74, 6) is 0.427. The van der Waals surface area contributed by atoms with Gasteiger partial charge < -0.3 is 4.42 Å². The molecule has 0 amide bonds. The van der Waals surface area contributed by atoms with Crippen molar-refractivity contribution in [3.63, 3.8) is 0 Å². The third kappa shape index (κ3) is 1.98. The van der Waals surface area contributed by atoms with Crippen LogP contribution in [-0.2, 0) is 6.42 Å². The van der Waals surface area contributed by atoms with Gasteiger partial charge in [-0.3, -0.25) is 9.78 Å². The molecular formula is C19H15NO2. The van der Waals surface area contributed by atoms with Crippen LogP contribution < -0.4 is 5.43 Å². The molecule has 4 rings (SSSR count). The van der Waals surface area contributed by atoms with E-state index >= 15 is 0 Å². The summed E-state index contributed by atoms with van der Waals surface area (Å²) < 4.78 is 5.72. The second kappa shape index (κ2) is 4.95. The van der Waals surface area contributed by atoms with E-state index in [4.69, 9.17) is 4.42 Å². The number of benzene rings is 1. The number of fused-ring (bicyclic) bond motifs is 3. The van der Waals surface area contributed by atoms with Crippen molar-refractivity contribution < 1.29 is 4.42 Å². The zero-order valence-corrected chi connectivity index (χ0v) is 12.2. The lowest BCUT2D eigenvalue weighted by molar-refractivity contribution is 0.603. The standard InChI is InChI=1S/C19H15NO2/c1-12-5-6-13-7-8-17-18(14(13)10-12)19(21)15(11-22-17)16-4-2-3-9-20-16/h2-9,11-12H,10H2,1H3. The topological polar surface area (TPSA) is 43.1 Å². The molecule has 1 aromatic carbocycles. The van der Waals surface area contributed by atoms with E-state index in [0.29, 0.717) is 28.1 Å². The molecule has 0 spiro atoms. The number of allylic oxidation sites excluding steroid dienone is 1. The van der Waals surface area contributed by atoms with Crippen LogP contribution in [0.25, 0.3) is 28.3 Å². The molecule has 22 heavy (non-hydrogen) atoms. The van der Waals surface area contributed by atoms with Crippen LogP contribution in [-0.4, -0.2) is 4.98 Å². The van der Waals surface area contributed by atoms with Gasteiger partial charge in [0.05, 0.1) is 16.6 Å². The van der Waals surface area contributed by atoms with Gasteiger partial charge in [0.1, 0.15) is 11.8 Å². The molecule has 108 valence electrons. The van der Waals surface area contributed by atoms with Crippen molar-refractivity contribution in [3.05, 3.63) is 70.2 Å². The molecule has 0 aliphatic heterocycles. The van der Waals surface area contributed by atoms with Crippen LogP contribution in [0.1, 0.15) is 18.1 Å². The van der Waals surface area contributed by atoms with Crippen LogP contribution in [0.15, 0.2) is 58.1 Å². The molecule has 0 fully saturated rings. The highest BCUT2D eigenvalue weighted by Gasteiger charge is 2.18. The third-order valence-corrected chi connectivity index (χ3v) is 4.16. The zero-order valence-electron chi connectivity index (χ0n) is 12.2. The Balaban J connectivity index is 2.05. The number of hydrogen-bond donors (Lipinski definition) is 0. The molecule has 1 unspecified atom stereocenters. The molecule has 2 aromatic heterocycles. The van der Waals surface area contributed by atoms with Crippen molar-refractivity contribution in [2.24, 2.45) is 5.92 Å². The normalized spacial score (nSPS) is 16.7. The number of aromatic nitrogens is 1. The molecule has 1 aliphatic carbocycles. The predicted octanol–water partition coefficient (Wildman–Crippen LogP) is 4.06. The maximum atomic E-state index is 13.0. The Labute approximate surface area is 127 Å². The maximum Gasteiger partial charge on any atom is 0.202 e. The molecule has 0 N–H and O–H groups in total. The monoisotopic (exact) mass is 289 g/mol. The zero-order chi connectivity index (χ0) is 15.1. The first-order valence-electron chi connectivity index (χ1n) is 7.41. The predicted molar refractivity (Wildman–Crippen MR) is 87.6 cm³/mol. The summed E-state index contributed by atoms with van der Waals surface area (Å²) in [5, 5.41) is 0.692. The molecule has 1 aliphatic rings. The van der Waals surface area contributed by atoms with Crippen LogP contribution in [0.2, 0.25) is 0 Å². The summed E-state index contributed by atoms with van der Waals surface area (Å²) in [4.78, 5) is 17.3. The first-order valence-corrected chi connectivity index (χ1v) is 7.41. The fourth-order valence-electron chi connectivity index (χ4n) is 3.03. The van der Waals surface area contributed by atoms with Gasteiger partial charge in [0, 0.05) is 6.20 Å². The quantitative estimate of drug-likeness (QED) is 0.678. The number of rotatable bonds is 1. The summed E-state index contributed by atoms with van der Waals surface area (Å²) in [6.45, 7) is 2.16. The lowest BCUT2D eigenvalue weighted by atomic mass is 9.88. The van der Waals surface area contributed by atoms with E-state index in [-0.39, 0.29) is 5.43 Å². The smallest absolute Gasteiger partial charge is 0.202 e. The minimum atomic E-state index is -0.000648. The van der Waals surface area contributed by atoms with E-state index < -0.39 is 0 Å². The van der Waals surface area contributed by atoms with Crippen LogP contribution in [0.5, 0.6) is 0 Å². The number of hydrogen-bond acceptors (Lipinski definition) is 3. The molecule has 0 saturated carbocycles. The summed E-state index contributed by atoms with van der Waals surface area (Å²) in [6, 6.07) is 9.43. The first kappa shape index (κ1) is 13.0. The van der Waals surface area contributed by atoms with Crippen LogP contribution in [0.3, 0.4) is 0 Å². The van der Waals surface area contributed by atoms with E-state index in [1.165, 1.54) is 6.26 Å². The van der Waals surface area contributed by atoms with Crippen LogP contribution in [0, 0.1) is 5.92 Å². The average molecular weight is 289 g/mol. The van der Waals surface area contributed by atoms with Gasteiger partial charge in [0.15, 0.2) is 0 Å². The van der Waals surface area contributed by atoms with Crippen molar-refractivity contribution in [3.8, 4) is 11.3 Å². The fourth-order valence-corrected chi connectivity index (χ4v) is 3.03. The first-order chi connectivity index (χ1) is 10.7. The Morgan fingerprint density at radius 2 is 2.14 bits per heavy atom. The van der Waals surface area contributed by atoms with Crippen molar-refractivity contribution in [1.29, 1.82) is 0 Å². The Morgan fingerprint density at radius 1 is 1.23 bits per heavy atom. The lowest BCUT2D eigenvalue weighted by Crippen LogP contribution is -2.12. The molecule has 0 saturated heterocycles. The van der Waals surface area contributed by atoms with E-state index in [9.17, 15) is 4.79 Å². The lowest BCUT2D eigenvalue weighted by Gasteiger charge is -2.17. The van der Waals surface area contributed by atoms with Crippen molar-refractivity contribution >= 4 is 17.0 Å². The van der Waals surface area contributed by atoms with E-state index in [0.717, 1.165) is 17.5 Å². The second-order valence-electron chi connectivity index (χ2n) is 5.74. The Kier molecular flexibility index (Phi) is 2.93. The van der Waals surface area contributed by atoms with Gasteiger partial charge in [-0.2, -0.15) is 0 Å². The fraction of sp³-hybridized carbons (Fsp3) is 0.158. The Bertz CT molecular complexity index is 939. The highest BCUT2D eigenvalue weighted by Crippen LogP contribution is 2.29. The highest BCUT2D eigenvalue weighted by molar-refractivity contribution is 5.87. The van der Waals surface area contributed by atoms with Gasteiger partial charge in [0.2, 0.25) is 5.43 Å². The third-order valence-electron chi connectivity index (χ3n) is 4.16. The molecule has 0 radical (unpaired) electrons. The van der Waals surface area contributed by atoms with Crippen LogP contribution >= 0.6 is 0 Å². The van der Waals surface area contributed by atoms with Gasteiger partial charge in [-0.25, -0.2) is 0 Å². The summed E-state index contributed by atoms with van der Waals surface area (Å²) in [6.07, 6.45) is 8.33. The van der Waals surface area contributed by atoms with E-state index in [1.807, 2.05) is 30.3 Å². The van der Waals surface area contributed by atoms with Gasteiger partial charge >= 0.3 is 0 Å². The summed E-state index contributed by atoms with van der Waals surface area (Å²) in [7, 11) is 0. The summed E-state index contributed by atoms with van der Waals surface area (Å²) in [5.41, 5.74) is 4.00. The van der Waals surface area contributed by atoms with Crippen molar-refractivity contribution in [2.75, 3.05) is 0 Å². The molecule has 0 bridgehead atoms. The number of nitrogens with zero attached hydrogens (tertiary/aromatic N) is 1. The average Bonchev–Trinajstić information content (AvgIpc) is 2.55. The number of pyridine rings is 1. The minimum absolute atomic E-state index is 0.000648. The Morgan fingerprint density at radius 3 is 2.95 bits per heavy atom. The van der Waals surface area contributed by atoms with Crippen molar-refractivity contribution in [2.45, 2.75) is 13.3 Å². The molecule has 2 heterocycles. The highest BCUT2D eigenvalue weighted by atomic mass is 16.3. The molecule has 3 aromatic rings. The van der Waals surface area contributed by atoms with Gasteiger partial charge in [-0.15, -0.1) is 0 Å². The Hall–Kier alpha value is -2.68. The summed E-state index contributed by atoms with van der Waals surface area (Å²) >= 11 is 0. The maximum absolute atomic E-state index is 13.0. The molecular weight excluding hydrogens is 274 g/mol. The van der Waals surface area contributed by atoms with Gasteiger partial charge in [-0.1, -0.05) is 31.2 Å². The van der Waals surface area contributed by atoms with E-state index in [1.54, 1.807) is 6.20 Å². The van der Waals surface area contributed by atoms with Crippen molar-refractivity contribution in [1.82, 2.24) is 4.98 Å². The minimum Gasteiger partial charge on any atom is -0.463 e. The second-order valence-corrected chi connectivity index (χ2v) is 5.74. The molecule has 3 heteroatoms.